The Kier molecular flexibility index (Phi) is 4.60. The summed E-state index contributed by atoms with van der Waals surface area (Å²) in [5.74, 6) is 0.299. The molecule has 0 aliphatic heterocycles. The number of hydrogen-bond donors (Lipinski definition) is 1. The smallest absolute Gasteiger partial charge is 0.257 e. The van der Waals surface area contributed by atoms with Crippen LogP contribution in [0.4, 0.5) is 5.69 Å². The minimum Gasteiger partial charge on any atom is -0.495 e. The monoisotopic (exact) mass is 422 g/mol. The number of nitrogens with zero attached hydrogens (tertiary/aromatic N) is 3. The Labute approximate surface area is 164 Å². The molecule has 3 heterocycles. The first-order chi connectivity index (χ1) is 13.1. The Morgan fingerprint density at radius 3 is 2.85 bits per heavy atom. The second-order valence-electron chi connectivity index (χ2n) is 5.85. The number of rotatable bonds is 4. The van der Waals surface area contributed by atoms with Crippen molar-refractivity contribution in [3.63, 3.8) is 0 Å². The summed E-state index contributed by atoms with van der Waals surface area (Å²) >= 11 is 3.33. The van der Waals surface area contributed by atoms with E-state index >= 15 is 0 Å². The second-order valence-corrected chi connectivity index (χ2v) is 6.77. The lowest BCUT2D eigenvalue weighted by Gasteiger charge is -2.11. The van der Waals surface area contributed by atoms with Crippen LogP contribution < -0.4 is 10.1 Å². The number of carbonyl (C=O) groups excluding carboxylic acids is 1. The topological polar surface area (TPSA) is 68.5 Å². The van der Waals surface area contributed by atoms with Crippen molar-refractivity contribution < 1.29 is 9.53 Å². The molecule has 0 saturated heterocycles. The van der Waals surface area contributed by atoms with Gasteiger partial charge in [-0.25, -0.2) is 4.98 Å². The summed E-state index contributed by atoms with van der Waals surface area (Å²) in [5, 5.41) is 2.89. The van der Waals surface area contributed by atoms with E-state index in [0.29, 0.717) is 17.0 Å². The first kappa shape index (κ1) is 17.2. The number of benzene rings is 1. The van der Waals surface area contributed by atoms with Crippen LogP contribution in [0.15, 0.2) is 71.7 Å². The summed E-state index contributed by atoms with van der Waals surface area (Å²) in [6.07, 6.45) is 7.03. The van der Waals surface area contributed by atoms with Crippen LogP contribution in [-0.4, -0.2) is 27.4 Å². The van der Waals surface area contributed by atoms with Crippen LogP contribution in [0.5, 0.6) is 5.75 Å². The number of fused-ring (bicyclic) bond motifs is 1. The largest absolute Gasteiger partial charge is 0.495 e. The van der Waals surface area contributed by atoms with Gasteiger partial charge in [-0.15, -0.1) is 0 Å². The molecule has 1 amide bonds. The molecule has 1 N–H and O–H groups in total. The number of amides is 1. The van der Waals surface area contributed by atoms with Crippen LogP contribution in [0.2, 0.25) is 0 Å². The molecule has 134 valence electrons. The number of methoxy groups -OCH3 is 1. The Hall–Kier alpha value is -3.19. The standard InChI is InChI=1S/C20H15BrN4O2/c1-27-18-6-5-13(17-12-25-7-3-2-4-19(25)23-17)9-16(18)24-20(26)14-8-15(21)11-22-10-14/h2-12H,1H3,(H,24,26). The third-order valence-corrected chi connectivity index (χ3v) is 4.51. The molecule has 0 aliphatic carbocycles. The van der Waals surface area contributed by atoms with Crippen molar-refractivity contribution in [2.24, 2.45) is 0 Å². The van der Waals surface area contributed by atoms with Crippen LogP contribution in [0.1, 0.15) is 10.4 Å². The van der Waals surface area contributed by atoms with E-state index in [9.17, 15) is 4.79 Å². The predicted octanol–water partition coefficient (Wildman–Crippen LogP) is 4.42. The maximum atomic E-state index is 12.6. The average Bonchev–Trinajstić information content (AvgIpc) is 3.12. The Morgan fingerprint density at radius 2 is 2.07 bits per heavy atom. The first-order valence-corrected chi connectivity index (χ1v) is 8.97. The van der Waals surface area contributed by atoms with Crippen LogP contribution in [0, 0.1) is 0 Å². The number of ether oxygens (including phenoxy) is 1. The minimum atomic E-state index is -0.269. The van der Waals surface area contributed by atoms with Crippen molar-refractivity contribution in [3.05, 3.63) is 77.3 Å². The maximum Gasteiger partial charge on any atom is 0.257 e. The van der Waals surface area contributed by atoms with Crippen molar-refractivity contribution >= 4 is 33.2 Å². The number of halogens is 1. The zero-order valence-electron chi connectivity index (χ0n) is 14.4. The van der Waals surface area contributed by atoms with E-state index in [2.05, 4.69) is 31.2 Å². The highest BCUT2D eigenvalue weighted by molar-refractivity contribution is 9.10. The fourth-order valence-electron chi connectivity index (χ4n) is 2.77. The predicted molar refractivity (Wildman–Crippen MR) is 107 cm³/mol. The molecule has 0 radical (unpaired) electrons. The summed E-state index contributed by atoms with van der Waals surface area (Å²) in [7, 11) is 1.57. The molecule has 0 spiro atoms. The van der Waals surface area contributed by atoms with Gasteiger partial charge in [-0.05, 0) is 52.3 Å². The number of hydrogen-bond acceptors (Lipinski definition) is 4. The van der Waals surface area contributed by atoms with Crippen molar-refractivity contribution in [3.8, 4) is 17.0 Å². The number of pyridine rings is 2. The molecule has 6 nitrogen and oxygen atoms in total. The van der Waals surface area contributed by atoms with E-state index < -0.39 is 0 Å². The van der Waals surface area contributed by atoms with E-state index in [1.165, 1.54) is 6.20 Å². The highest BCUT2D eigenvalue weighted by atomic mass is 79.9. The molecule has 0 atom stereocenters. The van der Waals surface area contributed by atoms with Crippen molar-refractivity contribution in [1.29, 1.82) is 0 Å². The van der Waals surface area contributed by atoms with Crippen LogP contribution in [0.25, 0.3) is 16.9 Å². The van der Waals surface area contributed by atoms with E-state index in [-0.39, 0.29) is 5.91 Å². The van der Waals surface area contributed by atoms with Gasteiger partial charge in [-0.3, -0.25) is 9.78 Å². The Morgan fingerprint density at radius 1 is 1.19 bits per heavy atom. The molecular formula is C20H15BrN4O2. The molecular weight excluding hydrogens is 408 g/mol. The van der Waals surface area contributed by atoms with Crippen molar-refractivity contribution in [1.82, 2.24) is 14.4 Å². The molecule has 4 rings (SSSR count). The Bertz CT molecular complexity index is 1110. The molecule has 27 heavy (non-hydrogen) atoms. The summed E-state index contributed by atoms with van der Waals surface area (Å²) in [5.41, 5.74) is 3.56. The van der Waals surface area contributed by atoms with Gasteiger partial charge in [0.05, 0.1) is 24.1 Å². The quantitative estimate of drug-likeness (QED) is 0.528. The highest BCUT2D eigenvalue weighted by Gasteiger charge is 2.13. The fourth-order valence-corrected chi connectivity index (χ4v) is 3.13. The average molecular weight is 423 g/mol. The highest BCUT2D eigenvalue weighted by Crippen LogP contribution is 2.31. The van der Waals surface area contributed by atoms with Crippen LogP contribution in [-0.2, 0) is 0 Å². The van der Waals surface area contributed by atoms with Gasteiger partial charge in [0.15, 0.2) is 0 Å². The van der Waals surface area contributed by atoms with Gasteiger partial charge < -0.3 is 14.5 Å². The summed E-state index contributed by atoms with van der Waals surface area (Å²) in [6, 6.07) is 13.1. The van der Waals surface area contributed by atoms with Gasteiger partial charge in [0.2, 0.25) is 0 Å². The molecule has 7 heteroatoms. The molecule has 4 aromatic rings. The number of anilines is 1. The summed E-state index contributed by atoms with van der Waals surface area (Å²) < 4.78 is 8.08. The lowest BCUT2D eigenvalue weighted by Crippen LogP contribution is -2.13. The van der Waals surface area contributed by atoms with Gasteiger partial charge >= 0.3 is 0 Å². The molecule has 0 unspecified atom stereocenters. The van der Waals surface area contributed by atoms with E-state index in [0.717, 1.165) is 21.4 Å². The molecule has 0 bridgehead atoms. The molecule has 0 aliphatic rings. The number of aromatic nitrogens is 3. The lowest BCUT2D eigenvalue weighted by atomic mass is 10.1. The molecule has 1 aromatic carbocycles. The zero-order chi connectivity index (χ0) is 18.8. The van der Waals surface area contributed by atoms with E-state index in [1.54, 1.807) is 19.4 Å². The summed E-state index contributed by atoms with van der Waals surface area (Å²) in [6.45, 7) is 0. The minimum absolute atomic E-state index is 0.269. The van der Waals surface area contributed by atoms with Crippen LogP contribution in [0.3, 0.4) is 0 Å². The first-order valence-electron chi connectivity index (χ1n) is 8.18. The lowest BCUT2D eigenvalue weighted by molar-refractivity contribution is 0.102. The maximum absolute atomic E-state index is 12.6. The van der Waals surface area contributed by atoms with Crippen LogP contribution >= 0.6 is 15.9 Å². The van der Waals surface area contributed by atoms with Gasteiger partial charge in [-0.1, -0.05) is 6.07 Å². The van der Waals surface area contributed by atoms with Crippen molar-refractivity contribution in [2.45, 2.75) is 0 Å². The Balaban J connectivity index is 1.69. The third-order valence-electron chi connectivity index (χ3n) is 4.07. The van der Waals surface area contributed by atoms with Gasteiger partial charge in [0, 0.05) is 34.8 Å². The number of carbonyl (C=O) groups is 1. The van der Waals surface area contributed by atoms with Gasteiger partial charge in [0.25, 0.3) is 5.91 Å². The number of imidazole rings is 1. The van der Waals surface area contributed by atoms with E-state index in [1.807, 2.05) is 53.2 Å². The third kappa shape index (κ3) is 3.54. The molecule has 0 saturated carbocycles. The normalized spacial score (nSPS) is 10.7. The molecule has 3 aromatic heterocycles. The van der Waals surface area contributed by atoms with Crippen molar-refractivity contribution in [2.75, 3.05) is 12.4 Å². The zero-order valence-corrected chi connectivity index (χ0v) is 16.0. The summed E-state index contributed by atoms with van der Waals surface area (Å²) in [4.78, 5) is 21.2. The number of nitrogens with one attached hydrogen (secondary N) is 1. The van der Waals surface area contributed by atoms with E-state index in [4.69, 9.17) is 4.74 Å². The fraction of sp³-hybridized carbons (Fsp3) is 0.0500. The second kappa shape index (κ2) is 7.20. The van der Waals surface area contributed by atoms with Gasteiger partial charge in [-0.2, -0.15) is 0 Å². The SMILES string of the molecule is COc1ccc(-c2cn3ccccc3n2)cc1NC(=O)c1cncc(Br)c1. The van der Waals surface area contributed by atoms with Gasteiger partial charge in [0.1, 0.15) is 11.4 Å². The molecule has 0 fully saturated rings.